The standard InChI is InChI=1S/C22H21N3O4S/c1-15-20(30-21(24-15)16-8-4-2-5-9-16)22(28)29-14-19(27)25(13-12-18(23)26)17-10-6-3-7-11-17/h2-11H,12-14H2,1H3,(H2,23,26). The first-order valence-electron chi connectivity index (χ1n) is 9.29. The number of esters is 1. The molecule has 1 heterocycles. The van der Waals surface area contributed by atoms with Gasteiger partial charge < -0.3 is 15.4 Å². The number of carbonyl (C=O) groups is 3. The molecule has 2 amide bonds. The number of thiazole rings is 1. The summed E-state index contributed by atoms with van der Waals surface area (Å²) in [5.74, 6) is -1.57. The van der Waals surface area contributed by atoms with Crippen LogP contribution in [-0.2, 0) is 14.3 Å². The van der Waals surface area contributed by atoms with Gasteiger partial charge in [0, 0.05) is 24.2 Å². The van der Waals surface area contributed by atoms with Gasteiger partial charge in [0.1, 0.15) is 9.88 Å². The van der Waals surface area contributed by atoms with Crippen LogP contribution in [-0.4, -0.2) is 35.9 Å². The van der Waals surface area contributed by atoms with Crippen LogP contribution < -0.4 is 10.6 Å². The molecule has 0 spiro atoms. The van der Waals surface area contributed by atoms with E-state index >= 15 is 0 Å². The summed E-state index contributed by atoms with van der Waals surface area (Å²) in [4.78, 5) is 42.6. The molecule has 0 aliphatic rings. The zero-order valence-electron chi connectivity index (χ0n) is 16.4. The zero-order valence-corrected chi connectivity index (χ0v) is 17.2. The van der Waals surface area contributed by atoms with E-state index in [-0.39, 0.29) is 13.0 Å². The third-order valence-corrected chi connectivity index (χ3v) is 5.47. The van der Waals surface area contributed by atoms with E-state index in [2.05, 4.69) is 4.98 Å². The van der Waals surface area contributed by atoms with E-state index < -0.39 is 24.4 Å². The normalized spacial score (nSPS) is 10.4. The number of ether oxygens (including phenoxy) is 1. The van der Waals surface area contributed by atoms with Crippen molar-refractivity contribution in [3.05, 3.63) is 71.2 Å². The molecule has 1 aromatic heterocycles. The second kappa shape index (κ2) is 9.80. The van der Waals surface area contributed by atoms with Gasteiger partial charge in [-0.05, 0) is 19.1 Å². The highest BCUT2D eigenvalue weighted by atomic mass is 32.1. The molecule has 0 aliphatic heterocycles. The molecule has 0 fully saturated rings. The summed E-state index contributed by atoms with van der Waals surface area (Å²) in [7, 11) is 0. The van der Waals surface area contributed by atoms with Crippen LogP contribution in [0.4, 0.5) is 5.69 Å². The summed E-state index contributed by atoms with van der Waals surface area (Å²) >= 11 is 1.22. The lowest BCUT2D eigenvalue weighted by molar-refractivity contribution is -0.121. The average molecular weight is 423 g/mol. The molecule has 0 unspecified atom stereocenters. The SMILES string of the molecule is Cc1nc(-c2ccccc2)sc1C(=O)OCC(=O)N(CCC(N)=O)c1ccccc1. The number of para-hydroxylation sites is 1. The fourth-order valence-corrected chi connectivity index (χ4v) is 3.75. The Hall–Kier alpha value is -3.52. The molecule has 2 N–H and O–H groups in total. The molecular weight excluding hydrogens is 402 g/mol. The van der Waals surface area contributed by atoms with Gasteiger partial charge in [0.25, 0.3) is 5.91 Å². The Kier molecular flexibility index (Phi) is 6.92. The summed E-state index contributed by atoms with van der Waals surface area (Å²) in [5.41, 5.74) is 7.26. The number of aromatic nitrogens is 1. The maximum atomic E-state index is 12.7. The largest absolute Gasteiger partial charge is 0.451 e. The van der Waals surface area contributed by atoms with Crippen molar-refractivity contribution in [2.75, 3.05) is 18.1 Å². The third kappa shape index (κ3) is 5.30. The zero-order chi connectivity index (χ0) is 21.5. The van der Waals surface area contributed by atoms with Crippen LogP contribution in [0.25, 0.3) is 10.6 Å². The number of nitrogens with zero attached hydrogens (tertiary/aromatic N) is 2. The Labute approximate surface area is 178 Å². The van der Waals surface area contributed by atoms with Gasteiger partial charge in [-0.25, -0.2) is 9.78 Å². The van der Waals surface area contributed by atoms with Crippen LogP contribution in [0, 0.1) is 6.92 Å². The number of hydrogen-bond acceptors (Lipinski definition) is 6. The van der Waals surface area contributed by atoms with Crippen molar-refractivity contribution in [3.63, 3.8) is 0 Å². The topological polar surface area (TPSA) is 103 Å². The van der Waals surface area contributed by atoms with E-state index in [0.29, 0.717) is 21.3 Å². The van der Waals surface area contributed by atoms with Crippen molar-refractivity contribution in [1.82, 2.24) is 4.98 Å². The Balaban J connectivity index is 1.69. The number of hydrogen-bond donors (Lipinski definition) is 1. The molecule has 8 heteroatoms. The number of anilines is 1. The number of amides is 2. The lowest BCUT2D eigenvalue weighted by Gasteiger charge is -2.22. The van der Waals surface area contributed by atoms with E-state index in [4.69, 9.17) is 10.5 Å². The van der Waals surface area contributed by atoms with E-state index in [1.165, 1.54) is 16.2 Å². The van der Waals surface area contributed by atoms with E-state index in [1.54, 1.807) is 31.2 Å². The van der Waals surface area contributed by atoms with Gasteiger partial charge in [0.2, 0.25) is 5.91 Å². The maximum absolute atomic E-state index is 12.7. The molecule has 0 saturated heterocycles. The Bertz CT molecular complexity index is 1040. The van der Waals surface area contributed by atoms with Gasteiger partial charge in [0.05, 0.1) is 5.69 Å². The van der Waals surface area contributed by atoms with Crippen LogP contribution in [0.5, 0.6) is 0 Å². The molecule has 0 atom stereocenters. The number of rotatable bonds is 8. The van der Waals surface area contributed by atoms with Crippen LogP contribution in [0.1, 0.15) is 21.8 Å². The van der Waals surface area contributed by atoms with Crippen molar-refractivity contribution < 1.29 is 19.1 Å². The summed E-state index contributed by atoms with van der Waals surface area (Å²) in [6, 6.07) is 18.4. The minimum Gasteiger partial charge on any atom is -0.451 e. The van der Waals surface area contributed by atoms with Crippen molar-refractivity contribution in [1.29, 1.82) is 0 Å². The van der Waals surface area contributed by atoms with Gasteiger partial charge in [-0.1, -0.05) is 48.5 Å². The van der Waals surface area contributed by atoms with Crippen LogP contribution in [0.15, 0.2) is 60.7 Å². The molecule has 30 heavy (non-hydrogen) atoms. The fraction of sp³-hybridized carbons (Fsp3) is 0.182. The van der Waals surface area contributed by atoms with E-state index in [9.17, 15) is 14.4 Å². The predicted octanol–water partition coefficient (Wildman–Crippen LogP) is 3.18. The highest BCUT2D eigenvalue weighted by Gasteiger charge is 2.22. The van der Waals surface area contributed by atoms with Crippen molar-refractivity contribution in [3.8, 4) is 10.6 Å². The van der Waals surface area contributed by atoms with Gasteiger partial charge in [-0.3, -0.25) is 9.59 Å². The number of aryl methyl sites for hydroxylation is 1. The Morgan fingerprint density at radius 3 is 2.30 bits per heavy atom. The molecular formula is C22H21N3O4S. The lowest BCUT2D eigenvalue weighted by Crippen LogP contribution is -2.37. The lowest BCUT2D eigenvalue weighted by atomic mass is 10.2. The molecule has 0 aliphatic carbocycles. The quantitative estimate of drug-likeness (QED) is 0.561. The van der Waals surface area contributed by atoms with Gasteiger partial charge in [-0.2, -0.15) is 0 Å². The molecule has 2 aromatic carbocycles. The number of nitrogens with two attached hydrogens (primary N) is 1. The highest BCUT2D eigenvalue weighted by molar-refractivity contribution is 7.17. The number of benzene rings is 2. The third-order valence-electron chi connectivity index (χ3n) is 4.28. The summed E-state index contributed by atoms with van der Waals surface area (Å²) in [5, 5.41) is 0.707. The molecule has 0 radical (unpaired) electrons. The molecule has 3 rings (SSSR count). The van der Waals surface area contributed by atoms with Crippen molar-refractivity contribution >= 4 is 34.8 Å². The van der Waals surface area contributed by atoms with Crippen molar-refractivity contribution in [2.45, 2.75) is 13.3 Å². The first kappa shape index (κ1) is 21.2. The van der Waals surface area contributed by atoms with Crippen molar-refractivity contribution in [2.24, 2.45) is 5.73 Å². The average Bonchev–Trinajstić information content (AvgIpc) is 3.15. The van der Waals surface area contributed by atoms with E-state index in [1.807, 2.05) is 36.4 Å². The first-order chi connectivity index (χ1) is 14.5. The minimum absolute atomic E-state index is 0.00295. The monoisotopic (exact) mass is 423 g/mol. The van der Waals surface area contributed by atoms with Crippen LogP contribution >= 0.6 is 11.3 Å². The number of carbonyl (C=O) groups excluding carboxylic acids is 3. The second-order valence-electron chi connectivity index (χ2n) is 6.47. The number of primary amides is 1. The molecule has 7 nitrogen and oxygen atoms in total. The molecule has 154 valence electrons. The minimum atomic E-state index is -0.608. The van der Waals surface area contributed by atoms with Gasteiger partial charge >= 0.3 is 5.97 Å². The van der Waals surface area contributed by atoms with Crippen LogP contribution in [0.2, 0.25) is 0 Å². The molecule has 0 bridgehead atoms. The van der Waals surface area contributed by atoms with Crippen LogP contribution in [0.3, 0.4) is 0 Å². The summed E-state index contributed by atoms with van der Waals surface area (Å²) < 4.78 is 5.25. The predicted molar refractivity (Wildman–Crippen MR) is 115 cm³/mol. The first-order valence-corrected chi connectivity index (χ1v) is 10.1. The summed E-state index contributed by atoms with van der Waals surface area (Å²) in [6.45, 7) is 1.38. The van der Waals surface area contributed by atoms with Gasteiger partial charge in [-0.15, -0.1) is 11.3 Å². The van der Waals surface area contributed by atoms with E-state index in [0.717, 1.165) is 5.56 Å². The fourth-order valence-electron chi connectivity index (χ4n) is 2.79. The Morgan fingerprint density at radius 2 is 1.67 bits per heavy atom. The molecule has 0 saturated carbocycles. The van der Waals surface area contributed by atoms with Gasteiger partial charge in [0.15, 0.2) is 6.61 Å². The second-order valence-corrected chi connectivity index (χ2v) is 7.47. The molecule has 3 aromatic rings. The smallest absolute Gasteiger partial charge is 0.350 e. The Morgan fingerprint density at radius 1 is 1.03 bits per heavy atom. The highest BCUT2D eigenvalue weighted by Crippen LogP contribution is 2.28. The maximum Gasteiger partial charge on any atom is 0.350 e. The summed E-state index contributed by atoms with van der Waals surface area (Å²) in [6.07, 6.45) is 0.00295.